The monoisotopic (exact) mass is 341 g/mol. The van der Waals surface area contributed by atoms with Gasteiger partial charge in [-0.1, -0.05) is 0 Å². The Hall–Kier alpha value is -3.06. The molecule has 7 nitrogen and oxygen atoms in total. The lowest BCUT2D eigenvalue weighted by Gasteiger charge is -2.16. The summed E-state index contributed by atoms with van der Waals surface area (Å²) < 4.78 is 5.46. The van der Waals surface area contributed by atoms with Crippen molar-refractivity contribution in [1.29, 1.82) is 0 Å². The Morgan fingerprint density at radius 2 is 1.96 bits per heavy atom. The number of halogens is 1. The number of anilines is 1. The van der Waals surface area contributed by atoms with Crippen LogP contribution in [0.15, 0.2) is 55.1 Å². The zero-order valence-electron chi connectivity index (χ0n) is 12.6. The summed E-state index contributed by atoms with van der Waals surface area (Å²) in [6.45, 7) is 0. The second-order valence-electron chi connectivity index (χ2n) is 4.73. The van der Waals surface area contributed by atoms with Crippen LogP contribution in [0, 0.1) is 0 Å². The van der Waals surface area contributed by atoms with Crippen LogP contribution < -0.4 is 9.64 Å². The van der Waals surface area contributed by atoms with Gasteiger partial charge in [0.25, 0.3) is 5.91 Å². The van der Waals surface area contributed by atoms with Crippen molar-refractivity contribution in [3.63, 3.8) is 0 Å². The summed E-state index contributed by atoms with van der Waals surface area (Å²) in [5, 5.41) is 0.0809. The maximum Gasteiger partial charge on any atom is 0.259 e. The molecule has 0 radical (unpaired) electrons. The van der Waals surface area contributed by atoms with Gasteiger partial charge < -0.3 is 9.64 Å². The van der Waals surface area contributed by atoms with Crippen LogP contribution >= 0.6 is 11.6 Å². The normalized spacial score (nSPS) is 10.2. The van der Waals surface area contributed by atoms with E-state index in [1.54, 1.807) is 49.8 Å². The average Bonchev–Trinajstić information content (AvgIpc) is 2.62. The molecule has 3 rings (SSSR count). The first-order valence-electron chi connectivity index (χ1n) is 6.94. The highest BCUT2D eigenvalue weighted by Gasteiger charge is 2.14. The molecule has 0 bridgehead atoms. The van der Waals surface area contributed by atoms with Crippen LogP contribution in [0.25, 0.3) is 0 Å². The largest absolute Gasteiger partial charge is 0.421 e. The molecule has 120 valence electrons. The molecule has 0 spiro atoms. The van der Waals surface area contributed by atoms with Crippen molar-refractivity contribution in [2.24, 2.45) is 0 Å². The molecule has 0 aromatic carbocycles. The summed E-state index contributed by atoms with van der Waals surface area (Å²) in [6, 6.07) is 8.33. The molecular formula is C16H12ClN5O2. The SMILES string of the molecule is CN(C(=O)c1ccc(Oc2ccnc(Cl)n2)nc1)c1cccnc1. The Labute approximate surface area is 142 Å². The Bertz CT molecular complexity index is 843. The zero-order valence-corrected chi connectivity index (χ0v) is 13.4. The molecule has 0 saturated heterocycles. The van der Waals surface area contributed by atoms with Crippen molar-refractivity contribution >= 4 is 23.2 Å². The first-order chi connectivity index (χ1) is 11.6. The van der Waals surface area contributed by atoms with E-state index in [-0.39, 0.29) is 17.1 Å². The van der Waals surface area contributed by atoms with Crippen LogP contribution in [-0.2, 0) is 0 Å². The van der Waals surface area contributed by atoms with Crippen molar-refractivity contribution in [3.05, 3.63) is 66.0 Å². The number of rotatable bonds is 4. The second-order valence-corrected chi connectivity index (χ2v) is 5.06. The van der Waals surface area contributed by atoms with Gasteiger partial charge in [-0.2, -0.15) is 4.98 Å². The van der Waals surface area contributed by atoms with E-state index in [0.29, 0.717) is 17.1 Å². The maximum absolute atomic E-state index is 12.4. The van der Waals surface area contributed by atoms with Crippen molar-refractivity contribution in [2.45, 2.75) is 0 Å². The lowest BCUT2D eigenvalue weighted by molar-refractivity contribution is 0.0992. The molecule has 0 fully saturated rings. The summed E-state index contributed by atoms with van der Waals surface area (Å²) >= 11 is 5.69. The van der Waals surface area contributed by atoms with Gasteiger partial charge in [-0.05, 0) is 29.8 Å². The highest BCUT2D eigenvalue weighted by atomic mass is 35.5. The van der Waals surface area contributed by atoms with Gasteiger partial charge in [0.05, 0.1) is 17.4 Å². The molecule has 0 N–H and O–H groups in total. The molecule has 0 aliphatic rings. The van der Waals surface area contributed by atoms with E-state index in [1.807, 2.05) is 0 Å². The number of carbonyl (C=O) groups is 1. The predicted molar refractivity (Wildman–Crippen MR) is 88.3 cm³/mol. The molecule has 3 aromatic heterocycles. The molecule has 0 saturated carbocycles. The first kappa shape index (κ1) is 15.8. The average molecular weight is 342 g/mol. The number of amides is 1. The van der Waals surface area contributed by atoms with Gasteiger partial charge in [0.1, 0.15) is 0 Å². The fourth-order valence-electron chi connectivity index (χ4n) is 1.91. The molecule has 0 unspecified atom stereocenters. The molecule has 0 atom stereocenters. The Kier molecular flexibility index (Phi) is 4.62. The summed E-state index contributed by atoms with van der Waals surface area (Å²) in [5.41, 5.74) is 1.12. The van der Waals surface area contributed by atoms with E-state index in [0.717, 1.165) is 0 Å². The summed E-state index contributed by atoms with van der Waals surface area (Å²) in [6.07, 6.45) is 6.18. The lowest BCUT2D eigenvalue weighted by atomic mass is 10.2. The number of nitrogens with zero attached hydrogens (tertiary/aromatic N) is 5. The van der Waals surface area contributed by atoms with Gasteiger partial charge in [-0.3, -0.25) is 9.78 Å². The third-order valence-electron chi connectivity index (χ3n) is 3.13. The standard InChI is InChI=1S/C16H12ClN5O2/c1-22(12-3-2-7-18-10-12)15(23)11-4-5-13(20-9-11)24-14-6-8-19-16(17)21-14/h2-10H,1H3. The minimum absolute atomic E-state index is 0.0809. The third kappa shape index (κ3) is 3.64. The van der Waals surface area contributed by atoms with Crippen LogP contribution in [0.5, 0.6) is 11.8 Å². The summed E-state index contributed by atoms with van der Waals surface area (Å²) in [7, 11) is 1.67. The van der Waals surface area contributed by atoms with E-state index in [4.69, 9.17) is 16.3 Å². The number of hydrogen-bond donors (Lipinski definition) is 0. The van der Waals surface area contributed by atoms with Gasteiger partial charge in [0, 0.05) is 37.8 Å². The topological polar surface area (TPSA) is 81.1 Å². The zero-order chi connectivity index (χ0) is 16.9. The fourth-order valence-corrected chi connectivity index (χ4v) is 2.05. The van der Waals surface area contributed by atoms with Gasteiger partial charge in [0.15, 0.2) is 0 Å². The Morgan fingerprint density at radius 3 is 2.62 bits per heavy atom. The van der Waals surface area contributed by atoms with Gasteiger partial charge >= 0.3 is 0 Å². The molecule has 3 heterocycles. The molecule has 24 heavy (non-hydrogen) atoms. The van der Waals surface area contributed by atoms with E-state index in [9.17, 15) is 4.79 Å². The lowest BCUT2D eigenvalue weighted by Crippen LogP contribution is -2.26. The van der Waals surface area contributed by atoms with Crippen LogP contribution in [0.1, 0.15) is 10.4 Å². The van der Waals surface area contributed by atoms with Crippen molar-refractivity contribution in [1.82, 2.24) is 19.9 Å². The van der Waals surface area contributed by atoms with Gasteiger partial charge in [-0.25, -0.2) is 9.97 Å². The second kappa shape index (κ2) is 7.01. The highest BCUT2D eigenvalue weighted by molar-refractivity contribution is 6.28. The van der Waals surface area contributed by atoms with Crippen LogP contribution in [0.4, 0.5) is 5.69 Å². The van der Waals surface area contributed by atoms with Crippen LogP contribution in [0.3, 0.4) is 0 Å². The molecule has 0 aliphatic carbocycles. The quantitative estimate of drug-likeness (QED) is 0.678. The Morgan fingerprint density at radius 1 is 1.08 bits per heavy atom. The number of hydrogen-bond acceptors (Lipinski definition) is 6. The smallest absolute Gasteiger partial charge is 0.259 e. The van der Waals surface area contributed by atoms with Crippen molar-refractivity contribution in [2.75, 3.05) is 11.9 Å². The minimum atomic E-state index is -0.202. The first-order valence-corrected chi connectivity index (χ1v) is 7.32. The Balaban J connectivity index is 1.73. The molecular weight excluding hydrogens is 330 g/mol. The molecule has 0 aliphatic heterocycles. The van der Waals surface area contributed by atoms with E-state index in [1.165, 1.54) is 17.3 Å². The van der Waals surface area contributed by atoms with Gasteiger partial charge in [0.2, 0.25) is 17.0 Å². The maximum atomic E-state index is 12.4. The number of aromatic nitrogens is 4. The summed E-state index contributed by atoms with van der Waals surface area (Å²) in [4.78, 5) is 29.7. The van der Waals surface area contributed by atoms with Crippen molar-refractivity contribution in [3.8, 4) is 11.8 Å². The molecule has 3 aromatic rings. The third-order valence-corrected chi connectivity index (χ3v) is 3.31. The van der Waals surface area contributed by atoms with Crippen LogP contribution in [-0.4, -0.2) is 32.9 Å². The molecule has 8 heteroatoms. The van der Waals surface area contributed by atoms with Gasteiger partial charge in [-0.15, -0.1) is 0 Å². The number of ether oxygens (including phenoxy) is 1. The summed E-state index contributed by atoms with van der Waals surface area (Å²) in [5.74, 6) is 0.367. The van der Waals surface area contributed by atoms with E-state index in [2.05, 4.69) is 19.9 Å². The fraction of sp³-hybridized carbons (Fsp3) is 0.0625. The van der Waals surface area contributed by atoms with Crippen molar-refractivity contribution < 1.29 is 9.53 Å². The van der Waals surface area contributed by atoms with Crippen LogP contribution in [0.2, 0.25) is 5.28 Å². The predicted octanol–water partition coefficient (Wildman–Crippen LogP) is 2.99. The van der Waals surface area contributed by atoms with E-state index >= 15 is 0 Å². The number of carbonyl (C=O) groups excluding carboxylic acids is 1. The highest BCUT2D eigenvalue weighted by Crippen LogP contribution is 2.19. The molecule has 1 amide bonds. The number of pyridine rings is 2. The minimum Gasteiger partial charge on any atom is -0.421 e. The van der Waals surface area contributed by atoms with E-state index < -0.39 is 0 Å².